The number of rotatable bonds is 8. The molecule has 1 aromatic heterocycles. The Morgan fingerprint density at radius 1 is 1.06 bits per heavy atom. The van der Waals surface area contributed by atoms with Crippen LogP contribution in [0.15, 0.2) is 35.8 Å². The Bertz CT molecular complexity index is 1020. The summed E-state index contributed by atoms with van der Waals surface area (Å²) in [5, 5.41) is 22.3. The number of carboxylic acid groups (broad SMARTS) is 2. The molecule has 0 bridgehead atoms. The van der Waals surface area contributed by atoms with E-state index in [0.717, 1.165) is 0 Å². The summed E-state index contributed by atoms with van der Waals surface area (Å²) in [6.45, 7) is 9.67. The van der Waals surface area contributed by atoms with Gasteiger partial charge in [-0.25, -0.2) is 19.6 Å². The first-order chi connectivity index (χ1) is 14.5. The minimum absolute atomic E-state index is 0.129. The molecule has 2 aromatic rings. The molecule has 0 atom stereocenters. The van der Waals surface area contributed by atoms with Crippen molar-refractivity contribution in [2.24, 2.45) is 5.41 Å². The second-order valence-corrected chi connectivity index (χ2v) is 8.24. The Morgan fingerprint density at radius 2 is 1.71 bits per heavy atom. The van der Waals surface area contributed by atoms with Gasteiger partial charge in [-0.05, 0) is 37.0 Å². The van der Waals surface area contributed by atoms with Crippen LogP contribution in [0.3, 0.4) is 0 Å². The van der Waals surface area contributed by atoms with Crippen LogP contribution in [0.4, 0.5) is 11.5 Å². The molecule has 0 fully saturated rings. The fraction of sp³-hybridized carbons (Fsp3) is 0.409. The van der Waals surface area contributed by atoms with Crippen molar-refractivity contribution in [3.05, 3.63) is 35.8 Å². The zero-order valence-corrected chi connectivity index (χ0v) is 18.4. The summed E-state index contributed by atoms with van der Waals surface area (Å²) in [4.78, 5) is 45.6. The molecular weight excluding hydrogens is 400 g/mol. The van der Waals surface area contributed by atoms with E-state index in [1.807, 2.05) is 20.8 Å². The number of aliphatic carboxylic acids is 2. The number of carbonyl (C=O) groups excluding carboxylic acids is 1. The number of fused-ring (bicyclic) bond motifs is 1. The third-order valence-electron chi connectivity index (χ3n) is 4.54. The molecule has 0 unspecified atom stereocenters. The summed E-state index contributed by atoms with van der Waals surface area (Å²) in [7, 11) is 0. The third kappa shape index (κ3) is 5.78. The minimum Gasteiger partial charge on any atom is -0.477 e. The second-order valence-electron chi connectivity index (χ2n) is 8.24. The summed E-state index contributed by atoms with van der Waals surface area (Å²) >= 11 is 0. The highest BCUT2D eigenvalue weighted by Crippen LogP contribution is 2.30. The molecule has 0 aliphatic carbocycles. The molecule has 3 N–H and O–H groups in total. The van der Waals surface area contributed by atoms with Crippen molar-refractivity contribution < 1.29 is 24.6 Å². The average Bonchev–Trinajstić information content (AvgIpc) is 2.65. The van der Waals surface area contributed by atoms with E-state index < -0.39 is 17.5 Å². The van der Waals surface area contributed by atoms with E-state index in [9.17, 15) is 24.6 Å². The zero-order valence-electron chi connectivity index (χ0n) is 18.4. The highest BCUT2D eigenvalue weighted by molar-refractivity contribution is 6.13. The quantitative estimate of drug-likeness (QED) is 0.330. The number of amides is 1. The molecular formula is C22H28N4O5. The topological polar surface area (TPSA) is 133 Å². The lowest BCUT2D eigenvalue weighted by atomic mass is 9.92. The number of allylic oxidation sites excluding steroid dienone is 1. The van der Waals surface area contributed by atoms with Crippen molar-refractivity contribution in [2.45, 2.75) is 47.5 Å². The summed E-state index contributed by atoms with van der Waals surface area (Å²) in [5.41, 5.74) is 0.391. The lowest BCUT2D eigenvalue weighted by Gasteiger charge is -2.26. The van der Waals surface area contributed by atoms with Gasteiger partial charge in [0.2, 0.25) is 5.91 Å². The molecule has 1 heterocycles. The molecule has 0 saturated heterocycles. The standard InChI is InChI=1S/C22H28N4O5/c1-6-16(18(20(28)29)21(30)31)26(7-2)19-14-10-13(8-9-15(14)23-12-24-19)25-17(27)11-22(3,4)5/h8-10,12H,6-7,11H2,1-5H3,(H,25,27)(H,28,29)(H,30,31). The van der Waals surface area contributed by atoms with E-state index >= 15 is 0 Å². The van der Waals surface area contributed by atoms with Crippen molar-refractivity contribution in [1.29, 1.82) is 0 Å². The number of carboxylic acids is 2. The van der Waals surface area contributed by atoms with Gasteiger partial charge in [-0.15, -0.1) is 0 Å². The van der Waals surface area contributed by atoms with Gasteiger partial charge in [0.05, 0.1) is 5.52 Å². The Labute approximate surface area is 180 Å². The Kier molecular flexibility index (Phi) is 7.32. The van der Waals surface area contributed by atoms with Gasteiger partial charge in [0.1, 0.15) is 12.1 Å². The van der Waals surface area contributed by atoms with E-state index in [-0.39, 0.29) is 23.4 Å². The number of carbonyl (C=O) groups is 3. The van der Waals surface area contributed by atoms with E-state index in [2.05, 4.69) is 15.3 Å². The van der Waals surface area contributed by atoms with Gasteiger partial charge >= 0.3 is 11.9 Å². The number of benzene rings is 1. The van der Waals surface area contributed by atoms with E-state index in [1.54, 1.807) is 36.9 Å². The van der Waals surface area contributed by atoms with Crippen LogP contribution in [0, 0.1) is 5.41 Å². The van der Waals surface area contributed by atoms with Gasteiger partial charge in [-0.1, -0.05) is 27.7 Å². The highest BCUT2D eigenvalue weighted by atomic mass is 16.4. The average molecular weight is 428 g/mol. The van der Waals surface area contributed by atoms with Crippen LogP contribution in [0.1, 0.15) is 47.5 Å². The molecule has 9 heteroatoms. The lowest BCUT2D eigenvalue weighted by Crippen LogP contribution is -2.28. The van der Waals surface area contributed by atoms with Crippen molar-refractivity contribution in [2.75, 3.05) is 16.8 Å². The maximum Gasteiger partial charge on any atom is 0.344 e. The van der Waals surface area contributed by atoms with Crippen LogP contribution in [0.5, 0.6) is 0 Å². The van der Waals surface area contributed by atoms with Crippen molar-refractivity contribution in [3.8, 4) is 0 Å². The van der Waals surface area contributed by atoms with Gasteiger partial charge in [0.25, 0.3) is 0 Å². The maximum atomic E-state index is 12.3. The van der Waals surface area contributed by atoms with Gasteiger partial charge in [0, 0.05) is 29.7 Å². The summed E-state index contributed by atoms with van der Waals surface area (Å²) in [6, 6.07) is 5.17. The number of hydrogen-bond acceptors (Lipinski definition) is 6. The Hall–Kier alpha value is -3.49. The SMILES string of the molecule is CCC(=C(C(=O)O)C(=O)O)N(CC)c1ncnc2ccc(NC(=O)CC(C)(C)C)cc12. The first-order valence-corrected chi connectivity index (χ1v) is 10.00. The van der Waals surface area contributed by atoms with Crippen LogP contribution in [0.25, 0.3) is 10.9 Å². The van der Waals surface area contributed by atoms with Crippen LogP contribution in [-0.4, -0.2) is 44.6 Å². The number of aromatic nitrogens is 2. The molecule has 1 amide bonds. The second kappa shape index (κ2) is 9.55. The van der Waals surface area contributed by atoms with Crippen LogP contribution >= 0.6 is 0 Å². The van der Waals surface area contributed by atoms with Crippen LogP contribution in [-0.2, 0) is 14.4 Å². The highest BCUT2D eigenvalue weighted by Gasteiger charge is 2.26. The van der Waals surface area contributed by atoms with Crippen molar-refractivity contribution >= 4 is 40.3 Å². The predicted molar refractivity (Wildman–Crippen MR) is 118 cm³/mol. The minimum atomic E-state index is -1.52. The molecule has 0 aliphatic rings. The van der Waals surface area contributed by atoms with E-state index in [1.165, 1.54) is 6.33 Å². The maximum absolute atomic E-state index is 12.3. The molecule has 9 nitrogen and oxygen atoms in total. The molecule has 0 saturated carbocycles. The lowest BCUT2D eigenvalue weighted by molar-refractivity contribution is -0.140. The Morgan fingerprint density at radius 3 is 2.23 bits per heavy atom. The van der Waals surface area contributed by atoms with Gasteiger partial charge in [-0.3, -0.25) is 4.79 Å². The monoisotopic (exact) mass is 428 g/mol. The fourth-order valence-electron chi connectivity index (χ4n) is 3.33. The number of hydrogen-bond donors (Lipinski definition) is 3. The van der Waals surface area contributed by atoms with Crippen molar-refractivity contribution in [3.63, 3.8) is 0 Å². The van der Waals surface area contributed by atoms with Crippen LogP contribution < -0.4 is 10.2 Å². The fourth-order valence-corrected chi connectivity index (χ4v) is 3.33. The molecule has 31 heavy (non-hydrogen) atoms. The summed E-state index contributed by atoms with van der Waals surface area (Å²) in [6.07, 6.45) is 1.86. The number of nitrogens with zero attached hydrogens (tertiary/aromatic N) is 3. The van der Waals surface area contributed by atoms with Gasteiger partial charge < -0.3 is 20.4 Å². The van der Waals surface area contributed by atoms with Crippen LogP contribution in [0.2, 0.25) is 0 Å². The first kappa shape index (κ1) is 23.8. The molecule has 1 aromatic carbocycles. The predicted octanol–water partition coefficient (Wildman–Crippen LogP) is 3.66. The number of nitrogens with one attached hydrogen (secondary N) is 1. The molecule has 0 aliphatic heterocycles. The molecule has 0 radical (unpaired) electrons. The van der Waals surface area contributed by atoms with Gasteiger partial charge in [0.15, 0.2) is 5.57 Å². The zero-order chi connectivity index (χ0) is 23.3. The number of anilines is 2. The van der Waals surface area contributed by atoms with Crippen molar-refractivity contribution in [1.82, 2.24) is 9.97 Å². The summed E-state index contributed by atoms with van der Waals surface area (Å²) < 4.78 is 0. The molecule has 0 spiro atoms. The van der Waals surface area contributed by atoms with E-state index in [4.69, 9.17) is 0 Å². The molecule has 2 rings (SSSR count). The Balaban J connectivity index is 2.60. The largest absolute Gasteiger partial charge is 0.477 e. The first-order valence-electron chi connectivity index (χ1n) is 10.00. The smallest absolute Gasteiger partial charge is 0.344 e. The molecule has 166 valence electrons. The summed E-state index contributed by atoms with van der Waals surface area (Å²) in [5.74, 6) is -2.80. The normalized spacial score (nSPS) is 11.1. The third-order valence-corrected chi connectivity index (χ3v) is 4.54. The van der Waals surface area contributed by atoms with E-state index in [0.29, 0.717) is 35.4 Å². The van der Waals surface area contributed by atoms with Gasteiger partial charge in [-0.2, -0.15) is 0 Å².